The van der Waals surface area contributed by atoms with Crippen LogP contribution in [-0.2, 0) is 0 Å². The highest BCUT2D eigenvalue weighted by atomic mass is 15.1. The van der Waals surface area contributed by atoms with E-state index in [1.807, 2.05) is 155 Å². The Morgan fingerprint density at radius 2 is 0.576 bits per heavy atom. The molecule has 3 aromatic heterocycles. The molecule has 0 saturated carbocycles. The lowest BCUT2D eigenvalue weighted by molar-refractivity contribution is 1.06. The van der Waals surface area contributed by atoms with Gasteiger partial charge in [-0.05, 0) is 160 Å². The third-order valence-corrected chi connectivity index (χ3v) is 16.2. The smallest absolute Gasteiger partial charge is 0.189 e. The van der Waals surface area contributed by atoms with E-state index in [-0.39, 0.29) is 5.56 Å². The molecule has 0 aliphatic heterocycles. The molecule has 0 aliphatic rings. The molecule has 0 amide bonds. The molecule has 0 saturated heterocycles. The van der Waals surface area contributed by atoms with E-state index in [9.17, 15) is 26.3 Å². The van der Waals surface area contributed by atoms with Gasteiger partial charge in [-0.1, -0.05) is 103 Å². The van der Waals surface area contributed by atoms with Crippen molar-refractivity contribution in [1.82, 2.24) is 24.1 Å². The zero-order chi connectivity index (χ0) is 63.1. The first kappa shape index (κ1) is 55.3. The Labute approximate surface area is 526 Å². The first-order chi connectivity index (χ1) is 45.1. The second kappa shape index (κ2) is 22.7. The van der Waals surface area contributed by atoms with Crippen LogP contribution >= 0.6 is 0 Å². The molecule has 14 aromatic rings. The van der Waals surface area contributed by atoms with Crippen molar-refractivity contribution in [3.8, 4) is 120 Å². The van der Waals surface area contributed by atoms with Crippen molar-refractivity contribution in [2.75, 3.05) is 0 Å². The first-order valence-electron chi connectivity index (χ1n) is 28.4. The molecule has 14 heteroatoms. The molecule has 0 bridgehead atoms. The van der Waals surface area contributed by atoms with Crippen molar-refractivity contribution in [2.24, 2.45) is 0 Å². The zero-order valence-corrected chi connectivity index (χ0v) is 48.0. The van der Waals surface area contributed by atoms with Crippen molar-refractivity contribution in [2.45, 2.75) is 0 Å². The van der Waals surface area contributed by atoms with Gasteiger partial charge in [-0.25, -0.2) is 34.3 Å². The standard InChI is InChI=1S/C78H36N14/c1-84-61-28-48(43-81)26-57(30-61)53-16-20-71-66(35-53)65-34-52(56-24-46(41-79)23-47(25-56)42-80)15-19-70(65)91(71)74-38-60(78-89-76(50-11-7-5-8-12-50)88-77(90-78)51-13-9-6-10-14-51)39-75(69(74)45-83)92-72-21-17-54(58-27-49(44-82)29-62(31-58)85-2)36-67(72)68-37-55(18-22-73(68)92)59-32-63(86-3)40-64(33-59)87-4/h5-40H. The summed E-state index contributed by atoms with van der Waals surface area (Å²) in [5, 5.41) is 55.6. The number of nitriles is 5. The number of aromatic nitrogens is 5. The monoisotopic (exact) mass is 1170 g/mol. The van der Waals surface area contributed by atoms with Crippen LogP contribution in [0.15, 0.2) is 218 Å². The Kier molecular flexibility index (Phi) is 13.6. The second-order valence-electron chi connectivity index (χ2n) is 21.6. The van der Waals surface area contributed by atoms with E-state index in [1.165, 1.54) is 6.07 Å². The minimum Gasteiger partial charge on any atom is -0.308 e. The van der Waals surface area contributed by atoms with Gasteiger partial charge in [0.2, 0.25) is 0 Å². The number of fused-ring (bicyclic) bond motifs is 6. The predicted molar refractivity (Wildman–Crippen MR) is 355 cm³/mol. The third-order valence-electron chi connectivity index (χ3n) is 16.2. The number of hydrogen-bond donors (Lipinski definition) is 0. The lowest BCUT2D eigenvalue weighted by Crippen LogP contribution is -2.07. The maximum Gasteiger partial charge on any atom is 0.189 e. The summed E-state index contributed by atoms with van der Waals surface area (Å²) in [7, 11) is 0. The minimum absolute atomic E-state index is 0.243. The summed E-state index contributed by atoms with van der Waals surface area (Å²) in [4.78, 5) is 30.3. The lowest BCUT2D eigenvalue weighted by atomic mass is 9.97. The Bertz CT molecular complexity index is 5200. The fraction of sp³-hybridized carbons (Fsp3) is 0. The second-order valence-corrected chi connectivity index (χ2v) is 21.6. The number of benzene rings is 11. The maximum atomic E-state index is 12.2. The normalized spacial score (nSPS) is 10.7. The topological polar surface area (TPSA) is 185 Å². The molecule has 0 aliphatic carbocycles. The van der Waals surface area contributed by atoms with Crippen LogP contribution in [0.25, 0.3) is 153 Å². The van der Waals surface area contributed by atoms with E-state index in [2.05, 4.69) is 49.7 Å². The summed E-state index contributed by atoms with van der Waals surface area (Å²) < 4.78 is 4.07. The van der Waals surface area contributed by atoms with Crippen LogP contribution < -0.4 is 0 Å². The van der Waals surface area contributed by atoms with E-state index < -0.39 is 0 Å². The molecule has 92 heavy (non-hydrogen) atoms. The van der Waals surface area contributed by atoms with Crippen molar-refractivity contribution >= 4 is 66.4 Å². The molecule has 0 fully saturated rings. The Morgan fingerprint density at radius 1 is 0.272 bits per heavy atom. The summed E-state index contributed by atoms with van der Waals surface area (Å²) in [6.45, 7) is 31.6. The van der Waals surface area contributed by atoms with Gasteiger partial charge in [-0.15, -0.1) is 0 Å². The fourth-order valence-corrected chi connectivity index (χ4v) is 12.1. The van der Waals surface area contributed by atoms with Crippen LogP contribution in [-0.4, -0.2) is 24.1 Å². The van der Waals surface area contributed by atoms with Crippen LogP contribution in [0.4, 0.5) is 22.7 Å². The van der Waals surface area contributed by atoms with Crippen LogP contribution in [0.1, 0.15) is 27.8 Å². The van der Waals surface area contributed by atoms with Crippen LogP contribution in [0.5, 0.6) is 0 Å². The predicted octanol–water partition coefficient (Wildman–Crippen LogP) is 19.3. The van der Waals surface area contributed by atoms with Crippen LogP contribution in [0.2, 0.25) is 0 Å². The van der Waals surface area contributed by atoms with Crippen molar-refractivity contribution < 1.29 is 0 Å². The van der Waals surface area contributed by atoms with Crippen molar-refractivity contribution in [3.05, 3.63) is 292 Å². The van der Waals surface area contributed by atoms with Gasteiger partial charge < -0.3 is 9.13 Å². The number of hydrogen-bond acceptors (Lipinski definition) is 8. The van der Waals surface area contributed by atoms with Gasteiger partial charge in [0.15, 0.2) is 40.2 Å². The van der Waals surface area contributed by atoms with Crippen LogP contribution in [0.3, 0.4) is 0 Å². The van der Waals surface area contributed by atoms with Crippen molar-refractivity contribution in [1.29, 1.82) is 26.3 Å². The summed E-state index contributed by atoms with van der Waals surface area (Å²) >= 11 is 0. The molecule has 11 aromatic carbocycles. The van der Waals surface area contributed by atoms with E-state index in [1.54, 1.807) is 66.7 Å². The molecule has 0 atom stereocenters. The average Bonchev–Trinajstić information content (AvgIpc) is 1.59. The lowest BCUT2D eigenvalue weighted by Gasteiger charge is -2.18. The Hall–Kier alpha value is -14.6. The van der Waals surface area contributed by atoms with Gasteiger partial charge in [0.1, 0.15) is 11.6 Å². The van der Waals surface area contributed by atoms with Gasteiger partial charge in [0.25, 0.3) is 0 Å². The first-order valence-corrected chi connectivity index (χ1v) is 28.4. The van der Waals surface area contributed by atoms with E-state index in [4.69, 9.17) is 41.2 Å². The Balaban J connectivity index is 1.12. The fourth-order valence-electron chi connectivity index (χ4n) is 12.1. The Morgan fingerprint density at radius 3 is 0.902 bits per heavy atom. The van der Waals surface area contributed by atoms with Gasteiger partial charge in [-0.3, -0.25) is 0 Å². The number of nitrogens with zero attached hydrogens (tertiary/aromatic N) is 14. The molecule has 14 nitrogen and oxygen atoms in total. The zero-order valence-electron chi connectivity index (χ0n) is 48.0. The highest BCUT2D eigenvalue weighted by molar-refractivity contribution is 6.14. The third kappa shape index (κ3) is 9.71. The molecule has 14 rings (SSSR count). The summed E-state index contributed by atoms with van der Waals surface area (Å²) in [6.07, 6.45) is 0. The highest BCUT2D eigenvalue weighted by Gasteiger charge is 2.26. The van der Waals surface area contributed by atoms with Gasteiger partial charge in [-0.2, -0.15) is 26.3 Å². The van der Waals surface area contributed by atoms with E-state index in [0.717, 1.165) is 38.2 Å². The summed E-state index contributed by atoms with van der Waals surface area (Å²) in [6, 6.07) is 78.1. The molecule has 0 radical (unpaired) electrons. The maximum absolute atomic E-state index is 12.2. The quantitative estimate of drug-likeness (QED) is 0.128. The molecular formula is C78H36N14. The van der Waals surface area contributed by atoms with Gasteiger partial charge in [0, 0.05) is 49.4 Å². The molecule has 0 unspecified atom stereocenters. The SMILES string of the molecule is [C-]#[N+]c1cc(C#N)cc(-c2ccc3c(c2)c2cc(-c4cc(C#N)cc(C#N)c4)ccc2n3-c2cc(-c3nc(-c4ccccc4)nc(-c4ccccc4)n3)cc(-n3c4ccc(-c5cc(C#N)cc([N+]#[C-])c5)cc4c4cc(-c5cc([N+]#[C-])cc([N+]#[C-])c5)ccc43)c2C#N)c1. The molecule has 0 spiro atoms. The summed E-state index contributed by atoms with van der Waals surface area (Å²) in [5.41, 5.74) is 13.7. The summed E-state index contributed by atoms with van der Waals surface area (Å²) in [5.74, 6) is 1.11. The molecule has 0 N–H and O–H groups in total. The largest absolute Gasteiger partial charge is 0.308 e. The molecule has 3 heterocycles. The van der Waals surface area contributed by atoms with Gasteiger partial charge >= 0.3 is 0 Å². The van der Waals surface area contributed by atoms with E-state index >= 15 is 0 Å². The highest BCUT2D eigenvalue weighted by Crippen LogP contribution is 2.45. The number of rotatable bonds is 9. The van der Waals surface area contributed by atoms with Crippen LogP contribution in [0, 0.1) is 82.9 Å². The van der Waals surface area contributed by atoms with Crippen molar-refractivity contribution in [3.63, 3.8) is 0 Å². The van der Waals surface area contributed by atoms with Gasteiger partial charge in [0.05, 0.1) is 95.1 Å². The minimum atomic E-state index is 0.243. The van der Waals surface area contributed by atoms with E-state index in [0.29, 0.717) is 140 Å². The average molecular weight is 1170 g/mol. The molecule has 418 valence electrons. The molecular weight excluding hydrogens is 1130 g/mol.